The van der Waals surface area contributed by atoms with E-state index in [9.17, 15) is 9.59 Å². The molecule has 1 aliphatic heterocycles. The van der Waals surface area contributed by atoms with Crippen LogP contribution in [0.2, 0.25) is 0 Å². The Kier molecular flexibility index (Phi) is 4.13. The number of benzene rings is 1. The summed E-state index contributed by atoms with van der Waals surface area (Å²) in [4.78, 5) is 32.3. The van der Waals surface area contributed by atoms with E-state index >= 15 is 0 Å². The van der Waals surface area contributed by atoms with Gasteiger partial charge < -0.3 is 4.90 Å². The molecule has 128 valence electrons. The van der Waals surface area contributed by atoms with Crippen molar-refractivity contribution in [2.75, 3.05) is 13.1 Å². The highest BCUT2D eigenvalue weighted by molar-refractivity contribution is 7.17. The molecule has 0 aliphatic carbocycles. The molecule has 1 amide bonds. The predicted molar refractivity (Wildman–Crippen MR) is 99.9 cm³/mol. The number of carbonyl (C=O) groups excluding carboxylic acids is 1. The van der Waals surface area contributed by atoms with E-state index in [4.69, 9.17) is 0 Å². The first-order chi connectivity index (χ1) is 12.1. The first-order valence-electron chi connectivity index (χ1n) is 8.45. The minimum Gasteiger partial charge on any atom is -0.341 e. The van der Waals surface area contributed by atoms with Crippen molar-refractivity contribution < 1.29 is 4.79 Å². The van der Waals surface area contributed by atoms with Crippen molar-refractivity contribution in [3.63, 3.8) is 0 Å². The largest absolute Gasteiger partial charge is 0.341 e. The molecule has 3 heterocycles. The van der Waals surface area contributed by atoms with E-state index in [1.54, 1.807) is 0 Å². The lowest BCUT2D eigenvalue weighted by Gasteiger charge is -2.15. The van der Waals surface area contributed by atoms with Crippen LogP contribution in [0.5, 0.6) is 0 Å². The van der Waals surface area contributed by atoms with Crippen LogP contribution in [0.25, 0.3) is 21.3 Å². The Morgan fingerprint density at radius 3 is 2.64 bits per heavy atom. The molecule has 3 aromatic rings. The second kappa shape index (κ2) is 6.44. The minimum absolute atomic E-state index is 0.00661. The second-order valence-electron chi connectivity index (χ2n) is 6.46. The average molecular weight is 353 g/mol. The SMILES string of the molecule is Cc1ccc(-c2csc3ncn(CC(=O)N4CCCC4)c(=O)c23)cc1. The van der Waals surface area contributed by atoms with E-state index < -0.39 is 0 Å². The van der Waals surface area contributed by atoms with Gasteiger partial charge in [-0.15, -0.1) is 11.3 Å². The number of nitrogens with zero attached hydrogens (tertiary/aromatic N) is 3. The fourth-order valence-corrected chi connectivity index (χ4v) is 4.14. The van der Waals surface area contributed by atoms with E-state index in [2.05, 4.69) is 4.98 Å². The van der Waals surface area contributed by atoms with Crippen molar-refractivity contribution in [3.05, 3.63) is 51.9 Å². The third-order valence-electron chi connectivity index (χ3n) is 4.69. The molecule has 0 bridgehead atoms. The standard InChI is InChI=1S/C19H19N3O2S/c1-13-4-6-14(7-5-13)15-11-25-18-17(15)19(24)22(12-20-18)10-16(23)21-8-2-3-9-21/h4-7,11-12H,2-3,8-10H2,1H3. The summed E-state index contributed by atoms with van der Waals surface area (Å²) >= 11 is 1.46. The van der Waals surface area contributed by atoms with Gasteiger partial charge in [-0.25, -0.2) is 4.98 Å². The van der Waals surface area contributed by atoms with Crippen molar-refractivity contribution in [3.8, 4) is 11.1 Å². The topological polar surface area (TPSA) is 55.2 Å². The summed E-state index contributed by atoms with van der Waals surface area (Å²) in [6, 6.07) is 8.10. The maximum atomic E-state index is 13.0. The van der Waals surface area contributed by atoms with Gasteiger partial charge in [-0.05, 0) is 25.3 Å². The lowest BCUT2D eigenvalue weighted by molar-refractivity contribution is -0.130. The molecule has 5 nitrogen and oxygen atoms in total. The van der Waals surface area contributed by atoms with Gasteiger partial charge in [0.15, 0.2) is 0 Å². The van der Waals surface area contributed by atoms with Crippen LogP contribution in [0.3, 0.4) is 0 Å². The van der Waals surface area contributed by atoms with E-state index in [1.807, 2.05) is 41.5 Å². The molecule has 1 saturated heterocycles. The minimum atomic E-state index is -0.144. The molecular formula is C19H19N3O2S. The number of amides is 1. The van der Waals surface area contributed by atoms with Crippen LogP contribution in [0, 0.1) is 6.92 Å². The summed E-state index contributed by atoms with van der Waals surface area (Å²) in [5.74, 6) is -0.00661. The first kappa shape index (κ1) is 16.0. The first-order valence-corrected chi connectivity index (χ1v) is 9.33. The molecule has 0 radical (unpaired) electrons. The van der Waals surface area contributed by atoms with E-state index in [-0.39, 0.29) is 18.0 Å². The third-order valence-corrected chi connectivity index (χ3v) is 5.57. The fraction of sp³-hybridized carbons (Fsp3) is 0.316. The maximum Gasteiger partial charge on any atom is 0.263 e. The van der Waals surface area contributed by atoms with Crippen LogP contribution in [0.4, 0.5) is 0 Å². The van der Waals surface area contributed by atoms with Crippen LogP contribution in [0.1, 0.15) is 18.4 Å². The van der Waals surface area contributed by atoms with Crippen LogP contribution < -0.4 is 5.56 Å². The fourth-order valence-electron chi connectivity index (χ4n) is 3.24. The number of aromatic nitrogens is 2. The van der Waals surface area contributed by atoms with Gasteiger partial charge in [0, 0.05) is 24.0 Å². The normalized spacial score (nSPS) is 14.4. The summed E-state index contributed by atoms with van der Waals surface area (Å²) in [5, 5.41) is 2.57. The number of fused-ring (bicyclic) bond motifs is 1. The van der Waals surface area contributed by atoms with Crippen molar-refractivity contribution in [2.24, 2.45) is 0 Å². The summed E-state index contributed by atoms with van der Waals surface area (Å²) in [7, 11) is 0. The zero-order valence-electron chi connectivity index (χ0n) is 14.1. The molecule has 2 aromatic heterocycles. The molecule has 1 aromatic carbocycles. The molecule has 1 fully saturated rings. The van der Waals surface area contributed by atoms with Gasteiger partial charge in [0.2, 0.25) is 5.91 Å². The molecule has 25 heavy (non-hydrogen) atoms. The van der Waals surface area contributed by atoms with Crippen LogP contribution in [0.15, 0.2) is 40.8 Å². The van der Waals surface area contributed by atoms with Gasteiger partial charge in [0.1, 0.15) is 11.4 Å². The Balaban J connectivity index is 1.74. The summed E-state index contributed by atoms with van der Waals surface area (Å²) in [5.41, 5.74) is 2.92. The second-order valence-corrected chi connectivity index (χ2v) is 7.32. The van der Waals surface area contributed by atoms with E-state index in [1.165, 1.54) is 27.8 Å². The number of likely N-dealkylation sites (tertiary alicyclic amines) is 1. The molecule has 1 aliphatic rings. The molecule has 0 N–H and O–H groups in total. The Morgan fingerprint density at radius 1 is 1.20 bits per heavy atom. The van der Waals surface area contributed by atoms with Crippen molar-refractivity contribution in [1.82, 2.24) is 14.5 Å². The molecule has 0 saturated carbocycles. The number of hydrogen-bond acceptors (Lipinski definition) is 4. The van der Waals surface area contributed by atoms with Gasteiger partial charge in [-0.2, -0.15) is 0 Å². The molecule has 0 atom stereocenters. The quantitative estimate of drug-likeness (QED) is 0.727. The molecule has 6 heteroatoms. The van der Waals surface area contributed by atoms with Gasteiger partial charge in [0.25, 0.3) is 5.56 Å². The smallest absolute Gasteiger partial charge is 0.263 e. The number of aryl methyl sites for hydroxylation is 1. The molecular weight excluding hydrogens is 334 g/mol. The predicted octanol–water partition coefficient (Wildman–Crippen LogP) is 3.06. The average Bonchev–Trinajstić information content (AvgIpc) is 3.28. The summed E-state index contributed by atoms with van der Waals surface area (Å²) < 4.78 is 1.44. The maximum absolute atomic E-state index is 13.0. The highest BCUT2D eigenvalue weighted by Gasteiger charge is 2.20. The molecule has 4 rings (SSSR count). The van der Waals surface area contributed by atoms with Gasteiger partial charge in [-0.1, -0.05) is 29.8 Å². The van der Waals surface area contributed by atoms with Crippen LogP contribution in [-0.2, 0) is 11.3 Å². The Morgan fingerprint density at radius 2 is 1.92 bits per heavy atom. The Hall–Kier alpha value is -2.47. The molecule has 0 spiro atoms. The Labute approximate surface area is 149 Å². The summed E-state index contributed by atoms with van der Waals surface area (Å²) in [6.07, 6.45) is 3.58. The number of rotatable bonds is 3. The van der Waals surface area contributed by atoms with E-state index in [0.717, 1.165) is 37.1 Å². The van der Waals surface area contributed by atoms with Gasteiger partial charge >= 0.3 is 0 Å². The third kappa shape index (κ3) is 2.98. The number of hydrogen-bond donors (Lipinski definition) is 0. The monoisotopic (exact) mass is 353 g/mol. The van der Waals surface area contributed by atoms with E-state index in [0.29, 0.717) is 10.2 Å². The van der Waals surface area contributed by atoms with Crippen LogP contribution >= 0.6 is 11.3 Å². The van der Waals surface area contributed by atoms with Crippen molar-refractivity contribution in [1.29, 1.82) is 0 Å². The van der Waals surface area contributed by atoms with Crippen LogP contribution in [-0.4, -0.2) is 33.4 Å². The zero-order valence-corrected chi connectivity index (χ0v) is 14.9. The molecule has 0 unspecified atom stereocenters. The number of thiophene rings is 1. The summed E-state index contributed by atoms with van der Waals surface area (Å²) in [6.45, 7) is 3.67. The lowest BCUT2D eigenvalue weighted by Crippen LogP contribution is -2.34. The highest BCUT2D eigenvalue weighted by Crippen LogP contribution is 2.30. The van der Waals surface area contributed by atoms with Gasteiger partial charge in [0.05, 0.1) is 11.7 Å². The highest BCUT2D eigenvalue weighted by atomic mass is 32.1. The lowest BCUT2D eigenvalue weighted by atomic mass is 10.1. The van der Waals surface area contributed by atoms with Crippen molar-refractivity contribution in [2.45, 2.75) is 26.3 Å². The Bertz CT molecular complexity index is 982. The van der Waals surface area contributed by atoms with Gasteiger partial charge in [-0.3, -0.25) is 14.2 Å². The van der Waals surface area contributed by atoms with Crippen molar-refractivity contribution >= 4 is 27.5 Å². The zero-order chi connectivity index (χ0) is 17.4. The number of carbonyl (C=O) groups is 1.